The number of carbonyl (C=O) groups excluding carboxylic acids is 4. The van der Waals surface area contributed by atoms with Gasteiger partial charge in [-0.3, -0.25) is 19.2 Å². The molecule has 4 heterocycles. The second-order valence-electron chi connectivity index (χ2n) is 16.1. The van der Waals surface area contributed by atoms with Gasteiger partial charge in [-0.1, -0.05) is 106 Å². The first kappa shape index (κ1) is 36.5. The summed E-state index contributed by atoms with van der Waals surface area (Å²) in [6, 6.07) is 16.8. The molecule has 5 bridgehead atoms. The molecule has 0 unspecified atom stereocenters. The van der Waals surface area contributed by atoms with E-state index < -0.39 is 65.8 Å². The maximum Gasteiger partial charge on any atom is 0.313 e. The van der Waals surface area contributed by atoms with Crippen molar-refractivity contribution in [2.75, 3.05) is 19.7 Å². The average molecular weight is 698 g/mol. The van der Waals surface area contributed by atoms with Crippen molar-refractivity contribution in [1.29, 1.82) is 0 Å². The van der Waals surface area contributed by atoms with Crippen LogP contribution in [0, 0.1) is 17.3 Å². The summed E-state index contributed by atoms with van der Waals surface area (Å²) in [5, 5.41) is 13.8. The summed E-state index contributed by atoms with van der Waals surface area (Å²) >= 11 is 0. The molecule has 2 aromatic carbocycles. The highest BCUT2D eigenvalue weighted by atomic mass is 16.6. The van der Waals surface area contributed by atoms with E-state index in [0.717, 1.165) is 5.56 Å². The summed E-state index contributed by atoms with van der Waals surface area (Å²) in [5.74, 6) is -3.66. The lowest BCUT2D eigenvalue weighted by atomic mass is 9.74. The maximum atomic E-state index is 15.4. The molecule has 4 aliphatic rings. The number of nitrogens with one attached hydrogen (secondary N) is 1. The molecule has 272 valence electrons. The third-order valence-electron chi connectivity index (χ3n) is 10.6. The number of carbonyl (C=O) groups is 4. The van der Waals surface area contributed by atoms with Crippen molar-refractivity contribution in [2.24, 2.45) is 17.3 Å². The van der Waals surface area contributed by atoms with E-state index >= 15 is 4.79 Å². The van der Waals surface area contributed by atoms with Crippen LogP contribution in [0.25, 0.3) is 0 Å². The van der Waals surface area contributed by atoms with E-state index in [1.165, 1.54) is 4.90 Å². The Morgan fingerprint density at radius 3 is 2.29 bits per heavy atom. The highest BCUT2D eigenvalue weighted by Crippen LogP contribution is 2.56. The SMILES string of the molecule is CC(C)(C)CC(C)(C)N1C/C=C\CCC(=O)NC[C@@H](c2ccccc2)OC(=O)[C@@H]2[C@@H]3C=C[C@]4(O3)[C@H](C1=O)N([C@@H](CO)Cc1ccccc1)C(=O)[C@@H]24. The number of rotatable bonds is 7. The number of cyclic esters (lactones) is 1. The Labute approximate surface area is 300 Å². The van der Waals surface area contributed by atoms with Crippen molar-refractivity contribution < 1.29 is 33.8 Å². The van der Waals surface area contributed by atoms with Gasteiger partial charge >= 0.3 is 5.97 Å². The number of aliphatic hydroxyl groups excluding tert-OH is 1. The Kier molecular flexibility index (Phi) is 10.3. The van der Waals surface area contributed by atoms with Gasteiger partial charge in [0.15, 0.2) is 0 Å². The molecule has 0 aromatic heterocycles. The molecule has 0 saturated carbocycles. The molecule has 51 heavy (non-hydrogen) atoms. The van der Waals surface area contributed by atoms with Crippen LogP contribution in [0.15, 0.2) is 85.0 Å². The molecular formula is C41H51N3O7. The van der Waals surface area contributed by atoms with Crippen LogP contribution < -0.4 is 5.32 Å². The fourth-order valence-electron chi connectivity index (χ4n) is 8.78. The number of ether oxygens (including phenoxy) is 2. The Morgan fingerprint density at radius 1 is 0.941 bits per heavy atom. The van der Waals surface area contributed by atoms with Gasteiger partial charge in [0, 0.05) is 18.5 Å². The highest BCUT2D eigenvalue weighted by molar-refractivity contribution is 5.99. The molecule has 2 aromatic rings. The van der Waals surface area contributed by atoms with E-state index in [0.29, 0.717) is 24.8 Å². The number of hydrogen-bond donors (Lipinski definition) is 2. The van der Waals surface area contributed by atoms with E-state index in [9.17, 15) is 19.5 Å². The predicted molar refractivity (Wildman–Crippen MR) is 192 cm³/mol. The van der Waals surface area contributed by atoms with Gasteiger partial charge in [0.05, 0.1) is 31.2 Å². The topological polar surface area (TPSA) is 125 Å². The van der Waals surface area contributed by atoms with Gasteiger partial charge in [-0.2, -0.15) is 0 Å². The monoisotopic (exact) mass is 697 g/mol. The lowest BCUT2D eigenvalue weighted by molar-refractivity contribution is -0.161. The van der Waals surface area contributed by atoms with Crippen LogP contribution in [-0.4, -0.2) is 87.6 Å². The molecule has 2 saturated heterocycles. The molecule has 3 amide bonds. The van der Waals surface area contributed by atoms with Crippen LogP contribution in [0.4, 0.5) is 0 Å². The second-order valence-corrected chi connectivity index (χ2v) is 16.1. The minimum atomic E-state index is -1.45. The molecule has 0 aliphatic carbocycles. The number of esters is 1. The summed E-state index contributed by atoms with van der Waals surface area (Å²) in [6.07, 6.45) is 7.40. The van der Waals surface area contributed by atoms with E-state index in [2.05, 4.69) is 26.1 Å². The molecule has 2 fully saturated rings. The van der Waals surface area contributed by atoms with Crippen LogP contribution in [0.2, 0.25) is 0 Å². The molecule has 2 N–H and O–H groups in total. The Balaban J connectivity index is 1.47. The number of amides is 3. The van der Waals surface area contributed by atoms with Gasteiger partial charge in [-0.25, -0.2) is 0 Å². The van der Waals surface area contributed by atoms with Crippen molar-refractivity contribution in [1.82, 2.24) is 15.1 Å². The van der Waals surface area contributed by atoms with E-state index in [1.54, 1.807) is 17.1 Å². The fraction of sp³-hybridized carbons (Fsp3) is 0.512. The van der Waals surface area contributed by atoms with Crippen LogP contribution >= 0.6 is 0 Å². The zero-order chi connectivity index (χ0) is 36.6. The molecular weight excluding hydrogens is 646 g/mol. The van der Waals surface area contributed by atoms with E-state index in [1.807, 2.05) is 86.7 Å². The second kappa shape index (κ2) is 14.4. The number of likely N-dealkylation sites (tertiary alicyclic amines) is 1. The first-order valence-corrected chi connectivity index (χ1v) is 18.1. The molecule has 7 atom stereocenters. The largest absolute Gasteiger partial charge is 0.455 e. The molecule has 10 nitrogen and oxygen atoms in total. The molecule has 1 spiro atoms. The van der Waals surface area contributed by atoms with Crippen molar-refractivity contribution in [3.05, 3.63) is 96.1 Å². The third-order valence-corrected chi connectivity index (χ3v) is 10.6. The molecule has 6 rings (SSSR count). The van der Waals surface area contributed by atoms with Crippen LogP contribution in [0.1, 0.15) is 71.1 Å². The number of hydrogen-bond acceptors (Lipinski definition) is 7. The Hall–Kier alpha value is -4.28. The van der Waals surface area contributed by atoms with Crippen LogP contribution in [-0.2, 0) is 35.1 Å². The minimum absolute atomic E-state index is 0.0573. The average Bonchev–Trinajstić information content (AvgIpc) is 3.73. The number of aliphatic hydroxyl groups is 1. The van der Waals surface area contributed by atoms with Crippen molar-refractivity contribution in [2.45, 2.75) is 95.7 Å². The zero-order valence-electron chi connectivity index (χ0n) is 30.3. The van der Waals surface area contributed by atoms with Gasteiger partial charge in [0.1, 0.15) is 23.7 Å². The summed E-state index contributed by atoms with van der Waals surface area (Å²) in [7, 11) is 0. The predicted octanol–water partition coefficient (Wildman–Crippen LogP) is 4.53. The smallest absolute Gasteiger partial charge is 0.313 e. The molecule has 4 aliphatic heterocycles. The lowest BCUT2D eigenvalue weighted by Gasteiger charge is -2.46. The van der Waals surface area contributed by atoms with Gasteiger partial charge in [-0.05, 0) is 49.7 Å². The Morgan fingerprint density at radius 2 is 1.63 bits per heavy atom. The minimum Gasteiger partial charge on any atom is -0.455 e. The Bertz CT molecular complexity index is 1670. The molecule has 10 heteroatoms. The number of nitrogens with zero attached hydrogens (tertiary/aromatic N) is 2. The number of benzene rings is 2. The van der Waals surface area contributed by atoms with Crippen LogP contribution in [0.3, 0.4) is 0 Å². The summed E-state index contributed by atoms with van der Waals surface area (Å²) in [5.41, 5.74) is -0.656. The van der Waals surface area contributed by atoms with Gasteiger partial charge in [0.2, 0.25) is 17.7 Å². The first-order chi connectivity index (χ1) is 24.3. The molecule has 0 radical (unpaired) electrons. The summed E-state index contributed by atoms with van der Waals surface area (Å²) in [4.78, 5) is 60.9. The lowest BCUT2D eigenvalue weighted by Crippen LogP contribution is -2.62. The highest BCUT2D eigenvalue weighted by Gasteiger charge is 2.74. The van der Waals surface area contributed by atoms with Gasteiger partial charge < -0.3 is 29.7 Å². The van der Waals surface area contributed by atoms with Crippen molar-refractivity contribution >= 4 is 23.7 Å². The van der Waals surface area contributed by atoms with E-state index in [-0.39, 0.29) is 36.7 Å². The maximum absolute atomic E-state index is 15.4. The van der Waals surface area contributed by atoms with Crippen LogP contribution in [0.5, 0.6) is 0 Å². The van der Waals surface area contributed by atoms with Gasteiger partial charge in [0.25, 0.3) is 0 Å². The quantitative estimate of drug-likeness (QED) is 0.322. The number of allylic oxidation sites excluding steroid dienone is 1. The number of fused-ring (bicyclic) bond motifs is 2. The van der Waals surface area contributed by atoms with Gasteiger partial charge in [-0.15, -0.1) is 0 Å². The normalized spacial score (nSPS) is 29.9. The standard InChI is InChI=1S/C41H51N3O7/c1-39(2,3)26-40(4,5)43-22-14-8-13-19-32(46)42-24-31(28-17-11-7-12-18-28)50-38(49)33-30-20-21-41(51-30)34(33)36(47)44(35(41)37(43)48)29(25-45)23-27-15-9-6-10-16-27/h6-12,14-18,20-21,29-31,33-35,45H,13,19,22-26H2,1-5H3,(H,42,46)/b14-8-/t29-,30+,31+,33-,34-,35+,41-/m1/s1. The fourth-order valence-corrected chi connectivity index (χ4v) is 8.78. The first-order valence-electron chi connectivity index (χ1n) is 18.1. The summed E-state index contributed by atoms with van der Waals surface area (Å²) < 4.78 is 12.8. The third kappa shape index (κ3) is 7.26. The summed E-state index contributed by atoms with van der Waals surface area (Å²) in [6.45, 7) is 10.3. The van der Waals surface area contributed by atoms with Crippen molar-refractivity contribution in [3.8, 4) is 0 Å². The van der Waals surface area contributed by atoms with E-state index in [4.69, 9.17) is 9.47 Å². The van der Waals surface area contributed by atoms with Crippen molar-refractivity contribution in [3.63, 3.8) is 0 Å². The zero-order valence-corrected chi connectivity index (χ0v) is 30.3.